The predicted molar refractivity (Wildman–Crippen MR) is 95.6 cm³/mol. The second kappa shape index (κ2) is 8.10. The van der Waals surface area contributed by atoms with Gasteiger partial charge in [-0.1, -0.05) is 53.2 Å². The zero-order chi connectivity index (χ0) is 17.5. The van der Waals surface area contributed by atoms with Gasteiger partial charge in [0.25, 0.3) is 5.89 Å². The summed E-state index contributed by atoms with van der Waals surface area (Å²) in [6, 6.07) is 18.0. The van der Waals surface area contributed by atoms with Gasteiger partial charge in [0.2, 0.25) is 5.89 Å². The predicted octanol–water partition coefficient (Wildman–Crippen LogP) is 3.47. The largest absolute Gasteiger partial charge is 0.417 e. The molecule has 0 fully saturated rings. The number of hydrogen-bond donors (Lipinski definition) is 1. The Bertz CT molecular complexity index is 826. The molecule has 1 aromatic heterocycles. The van der Waals surface area contributed by atoms with Crippen molar-refractivity contribution >= 4 is 5.84 Å². The third-order valence-electron chi connectivity index (χ3n) is 3.65. The number of aromatic nitrogens is 2. The SMILES string of the molecule is Cc1ccc(-c2nnc(CO/N=C(\N)CCc3ccccc3)o2)cc1. The molecule has 0 saturated heterocycles. The molecular formula is C19H20N4O2. The number of aryl methyl sites for hydroxylation is 2. The first-order valence-electron chi connectivity index (χ1n) is 8.08. The third-order valence-corrected chi connectivity index (χ3v) is 3.65. The van der Waals surface area contributed by atoms with Gasteiger partial charge in [-0.05, 0) is 31.0 Å². The second-order valence-corrected chi connectivity index (χ2v) is 5.71. The lowest BCUT2D eigenvalue weighted by atomic mass is 10.1. The van der Waals surface area contributed by atoms with Gasteiger partial charge in [0.05, 0.1) is 0 Å². The van der Waals surface area contributed by atoms with Gasteiger partial charge in [-0.2, -0.15) is 0 Å². The van der Waals surface area contributed by atoms with Crippen LogP contribution in [0.3, 0.4) is 0 Å². The van der Waals surface area contributed by atoms with E-state index in [9.17, 15) is 0 Å². The Morgan fingerprint density at radius 1 is 1.08 bits per heavy atom. The monoisotopic (exact) mass is 336 g/mol. The smallest absolute Gasteiger partial charge is 0.257 e. The Morgan fingerprint density at radius 3 is 2.60 bits per heavy atom. The van der Waals surface area contributed by atoms with Crippen molar-refractivity contribution in [1.29, 1.82) is 0 Å². The highest BCUT2D eigenvalue weighted by Crippen LogP contribution is 2.18. The molecule has 0 amide bonds. The molecule has 0 aliphatic rings. The maximum Gasteiger partial charge on any atom is 0.257 e. The fourth-order valence-corrected chi connectivity index (χ4v) is 2.26. The van der Waals surface area contributed by atoms with Crippen LogP contribution < -0.4 is 5.73 Å². The van der Waals surface area contributed by atoms with Crippen LogP contribution in [0, 0.1) is 6.92 Å². The summed E-state index contributed by atoms with van der Waals surface area (Å²) < 4.78 is 5.56. The minimum Gasteiger partial charge on any atom is -0.417 e. The van der Waals surface area contributed by atoms with Gasteiger partial charge in [-0.3, -0.25) is 0 Å². The zero-order valence-electron chi connectivity index (χ0n) is 14.1. The highest BCUT2D eigenvalue weighted by Gasteiger charge is 2.08. The molecule has 6 heteroatoms. The van der Waals surface area contributed by atoms with Crippen molar-refractivity contribution in [2.75, 3.05) is 0 Å². The van der Waals surface area contributed by atoms with Crippen LogP contribution in [0.5, 0.6) is 0 Å². The standard InChI is InChI=1S/C19H20N4O2/c1-14-7-10-16(11-8-14)19-22-21-18(25-19)13-24-23-17(20)12-9-15-5-3-2-4-6-15/h2-8,10-11H,9,12-13H2,1H3,(H2,20,23). The van der Waals surface area contributed by atoms with Crippen molar-refractivity contribution in [2.45, 2.75) is 26.4 Å². The van der Waals surface area contributed by atoms with Crippen molar-refractivity contribution in [3.05, 3.63) is 71.6 Å². The van der Waals surface area contributed by atoms with E-state index in [1.807, 2.05) is 49.4 Å². The minimum absolute atomic E-state index is 0.0882. The van der Waals surface area contributed by atoms with Crippen LogP contribution in [-0.2, 0) is 17.9 Å². The molecule has 2 N–H and O–H groups in total. The van der Waals surface area contributed by atoms with Crippen molar-refractivity contribution in [1.82, 2.24) is 10.2 Å². The normalized spacial score (nSPS) is 11.5. The highest BCUT2D eigenvalue weighted by molar-refractivity contribution is 5.79. The highest BCUT2D eigenvalue weighted by atomic mass is 16.6. The van der Waals surface area contributed by atoms with Crippen LogP contribution in [-0.4, -0.2) is 16.0 Å². The lowest BCUT2D eigenvalue weighted by Crippen LogP contribution is -2.13. The summed E-state index contributed by atoms with van der Waals surface area (Å²) in [4.78, 5) is 5.20. The lowest BCUT2D eigenvalue weighted by Gasteiger charge is -2.01. The molecule has 0 radical (unpaired) electrons. The zero-order valence-corrected chi connectivity index (χ0v) is 14.1. The molecule has 0 saturated carbocycles. The molecule has 128 valence electrons. The number of hydrogen-bond acceptors (Lipinski definition) is 5. The summed E-state index contributed by atoms with van der Waals surface area (Å²) in [6.45, 7) is 2.11. The van der Waals surface area contributed by atoms with Crippen LogP contribution in [0.4, 0.5) is 0 Å². The molecule has 0 spiro atoms. The van der Waals surface area contributed by atoms with Gasteiger partial charge < -0.3 is 15.0 Å². The van der Waals surface area contributed by atoms with Gasteiger partial charge >= 0.3 is 0 Å². The van der Waals surface area contributed by atoms with Crippen LogP contribution in [0.25, 0.3) is 11.5 Å². The quantitative estimate of drug-likeness (QED) is 0.405. The maximum atomic E-state index is 5.85. The number of nitrogens with two attached hydrogens (primary N) is 1. The topological polar surface area (TPSA) is 86.5 Å². The fraction of sp³-hybridized carbons (Fsp3) is 0.211. The van der Waals surface area contributed by atoms with Gasteiger partial charge in [0, 0.05) is 12.0 Å². The molecule has 6 nitrogen and oxygen atoms in total. The number of oxime groups is 1. The van der Waals surface area contributed by atoms with Crippen molar-refractivity contribution in [3.8, 4) is 11.5 Å². The average molecular weight is 336 g/mol. The first-order valence-corrected chi connectivity index (χ1v) is 8.08. The first-order chi connectivity index (χ1) is 12.2. The van der Waals surface area contributed by atoms with E-state index in [2.05, 4.69) is 27.5 Å². The average Bonchev–Trinajstić information content (AvgIpc) is 3.10. The Morgan fingerprint density at radius 2 is 1.84 bits per heavy atom. The van der Waals surface area contributed by atoms with Gasteiger partial charge in [0.1, 0.15) is 5.84 Å². The summed E-state index contributed by atoms with van der Waals surface area (Å²) in [6.07, 6.45) is 1.44. The van der Waals surface area contributed by atoms with E-state index in [1.165, 1.54) is 11.1 Å². The summed E-state index contributed by atoms with van der Waals surface area (Å²) in [7, 11) is 0. The van der Waals surface area contributed by atoms with E-state index in [1.54, 1.807) is 0 Å². The molecule has 0 bridgehead atoms. The van der Waals surface area contributed by atoms with Crippen LogP contribution >= 0.6 is 0 Å². The van der Waals surface area contributed by atoms with Crippen LogP contribution in [0.1, 0.15) is 23.4 Å². The van der Waals surface area contributed by atoms with E-state index < -0.39 is 0 Å². The molecule has 2 aromatic carbocycles. The molecule has 0 atom stereocenters. The molecule has 0 aliphatic carbocycles. The molecule has 1 heterocycles. The van der Waals surface area contributed by atoms with Gasteiger partial charge in [-0.25, -0.2) is 0 Å². The summed E-state index contributed by atoms with van der Waals surface area (Å²) in [5, 5.41) is 11.9. The Kier molecular flexibility index (Phi) is 5.41. The van der Waals surface area contributed by atoms with E-state index in [0.29, 0.717) is 24.0 Å². The van der Waals surface area contributed by atoms with Gasteiger partial charge in [0.15, 0.2) is 6.61 Å². The Labute approximate surface area is 146 Å². The van der Waals surface area contributed by atoms with Crippen molar-refractivity contribution in [2.24, 2.45) is 10.9 Å². The molecule has 25 heavy (non-hydrogen) atoms. The molecule has 3 rings (SSSR count). The minimum atomic E-state index is 0.0882. The number of benzene rings is 2. The first kappa shape index (κ1) is 16.7. The summed E-state index contributed by atoms with van der Waals surface area (Å²) in [5.41, 5.74) is 9.11. The summed E-state index contributed by atoms with van der Waals surface area (Å²) in [5.74, 6) is 1.25. The maximum absolute atomic E-state index is 5.85. The number of nitrogens with zero attached hydrogens (tertiary/aromatic N) is 3. The fourth-order valence-electron chi connectivity index (χ4n) is 2.26. The van der Waals surface area contributed by atoms with E-state index in [0.717, 1.165) is 12.0 Å². The van der Waals surface area contributed by atoms with Crippen LogP contribution in [0.2, 0.25) is 0 Å². The molecule has 0 unspecified atom stereocenters. The number of amidine groups is 1. The molecule has 0 aliphatic heterocycles. The number of rotatable bonds is 7. The second-order valence-electron chi connectivity index (χ2n) is 5.71. The summed E-state index contributed by atoms with van der Waals surface area (Å²) >= 11 is 0. The van der Waals surface area contributed by atoms with Crippen molar-refractivity contribution in [3.63, 3.8) is 0 Å². The Hall–Kier alpha value is -3.15. The van der Waals surface area contributed by atoms with E-state index >= 15 is 0 Å². The van der Waals surface area contributed by atoms with E-state index in [4.69, 9.17) is 15.0 Å². The van der Waals surface area contributed by atoms with E-state index in [-0.39, 0.29) is 6.61 Å². The van der Waals surface area contributed by atoms with Gasteiger partial charge in [-0.15, -0.1) is 10.2 Å². The van der Waals surface area contributed by atoms with Crippen LogP contribution in [0.15, 0.2) is 64.2 Å². The Balaban J connectivity index is 1.49. The molecule has 3 aromatic rings. The lowest BCUT2D eigenvalue weighted by molar-refractivity contribution is 0.110. The third kappa shape index (κ3) is 4.91. The molecular weight excluding hydrogens is 316 g/mol. The van der Waals surface area contributed by atoms with Crippen molar-refractivity contribution < 1.29 is 9.25 Å².